The molecule has 1 aliphatic carbocycles. The summed E-state index contributed by atoms with van der Waals surface area (Å²) >= 11 is 6.58. The van der Waals surface area contributed by atoms with Gasteiger partial charge in [-0.05, 0) is 49.9 Å². The Labute approximate surface area is 202 Å². The lowest BCUT2D eigenvalue weighted by Gasteiger charge is -2.38. The quantitative estimate of drug-likeness (QED) is 0.448. The zero-order chi connectivity index (χ0) is 23.7. The Balaban J connectivity index is 1.35. The first-order valence-corrected chi connectivity index (χ1v) is 11.6. The van der Waals surface area contributed by atoms with Crippen molar-refractivity contribution in [2.45, 2.75) is 37.8 Å². The molecule has 3 heterocycles. The van der Waals surface area contributed by atoms with Crippen molar-refractivity contribution in [3.05, 3.63) is 45.9 Å². The second-order valence-corrected chi connectivity index (χ2v) is 9.02. The van der Waals surface area contributed by atoms with E-state index in [0.29, 0.717) is 39.9 Å². The van der Waals surface area contributed by atoms with Crippen molar-refractivity contribution < 1.29 is 4.74 Å². The second kappa shape index (κ2) is 9.43. The van der Waals surface area contributed by atoms with Crippen LogP contribution in [0.4, 0.5) is 23.3 Å². The number of aromatic nitrogens is 4. The van der Waals surface area contributed by atoms with Gasteiger partial charge < -0.3 is 20.2 Å². The average Bonchev–Trinajstić information content (AvgIpc) is 3.52. The molecule has 0 bridgehead atoms. The number of nitriles is 1. The predicted molar refractivity (Wildman–Crippen MR) is 129 cm³/mol. The van der Waals surface area contributed by atoms with Crippen LogP contribution in [0.1, 0.15) is 30.4 Å². The Morgan fingerprint density at radius 1 is 1.35 bits per heavy atom. The second-order valence-electron chi connectivity index (χ2n) is 8.61. The molecule has 1 saturated heterocycles. The predicted octanol–water partition coefficient (Wildman–Crippen LogP) is 3.78. The molecule has 1 aromatic carbocycles. The minimum atomic E-state index is 0.266. The third-order valence-corrected chi connectivity index (χ3v) is 6.43. The van der Waals surface area contributed by atoms with E-state index in [1.165, 1.54) is 10.7 Å². The summed E-state index contributed by atoms with van der Waals surface area (Å²) in [6, 6.07) is 6.19. The van der Waals surface area contributed by atoms with E-state index in [9.17, 15) is 5.26 Å². The summed E-state index contributed by atoms with van der Waals surface area (Å²) in [5.41, 5.74) is 2.52. The standard InChI is InChI=1S/C23H24ClN9O/c1-26-20-11-27-22-21(28-16-5-6-16)30-23(31-33(20)22)29-19-9-15(10-25)14(8-18(19)24)4-3-7-32-12-17(13-32)34-2/h8-9,11,16-17H,3-7,12-13H2,2H3,(H2,28,29,30,31). The number of ether oxygens (including phenoxy) is 1. The van der Waals surface area contributed by atoms with Crippen LogP contribution in [-0.2, 0) is 11.2 Å². The highest BCUT2D eigenvalue weighted by Crippen LogP contribution is 2.31. The van der Waals surface area contributed by atoms with Crippen LogP contribution in [0.15, 0.2) is 18.3 Å². The van der Waals surface area contributed by atoms with Crippen LogP contribution in [0.3, 0.4) is 0 Å². The highest BCUT2D eigenvalue weighted by molar-refractivity contribution is 6.33. The maximum Gasteiger partial charge on any atom is 0.275 e. The zero-order valence-corrected chi connectivity index (χ0v) is 19.5. The van der Waals surface area contributed by atoms with Gasteiger partial charge in [0.2, 0.25) is 0 Å². The normalized spacial score (nSPS) is 16.1. The molecule has 2 aromatic heterocycles. The summed E-state index contributed by atoms with van der Waals surface area (Å²) in [7, 11) is 1.74. The summed E-state index contributed by atoms with van der Waals surface area (Å²) in [5, 5.41) is 21.1. The molecule has 0 spiro atoms. The van der Waals surface area contributed by atoms with Crippen LogP contribution < -0.4 is 10.6 Å². The average molecular weight is 478 g/mol. The Bertz CT molecular complexity index is 1300. The zero-order valence-electron chi connectivity index (χ0n) is 18.8. The monoisotopic (exact) mass is 477 g/mol. The van der Waals surface area contributed by atoms with E-state index in [1.54, 1.807) is 13.2 Å². The molecule has 34 heavy (non-hydrogen) atoms. The van der Waals surface area contributed by atoms with Gasteiger partial charge >= 0.3 is 0 Å². The number of halogens is 1. The number of nitrogens with one attached hydrogen (secondary N) is 2. The molecular weight excluding hydrogens is 454 g/mol. The number of rotatable bonds is 9. The molecule has 1 saturated carbocycles. The topological polar surface area (TPSA) is 108 Å². The molecule has 3 aromatic rings. The minimum absolute atomic E-state index is 0.266. The number of likely N-dealkylation sites (tertiary alicyclic amines) is 1. The van der Waals surface area contributed by atoms with Crippen LogP contribution >= 0.6 is 11.6 Å². The number of benzene rings is 1. The Hall–Kier alpha value is -3.44. The van der Waals surface area contributed by atoms with E-state index >= 15 is 0 Å². The Kier molecular flexibility index (Phi) is 6.20. The van der Waals surface area contributed by atoms with Gasteiger partial charge in [0.1, 0.15) is 0 Å². The summed E-state index contributed by atoms with van der Waals surface area (Å²) < 4.78 is 6.78. The fourth-order valence-corrected chi connectivity index (χ4v) is 4.24. The van der Waals surface area contributed by atoms with Crippen LogP contribution in [0, 0.1) is 17.9 Å². The summed E-state index contributed by atoms with van der Waals surface area (Å²) in [4.78, 5) is 14.7. The van der Waals surface area contributed by atoms with Crippen molar-refractivity contribution >= 4 is 40.5 Å². The van der Waals surface area contributed by atoms with Crippen LogP contribution in [0.25, 0.3) is 10.5 Å². The minimum Gasteiger partial charge on any atom is -0.379 e. The van der Waals surface area contributed by atoms with Crippen molar-refractivity contribution in [3.63, 3.8) is 0 Å². The Morgan fingerprint density at radius 2 is 2.18 bits per heavy atom. The maximum absolute atomic E-state index is 9.73. The van der Waals surface area contributed by atoms with Crippen molar-refractivity contribution in [2.75, 3.05) is 37.4 Å². The van der Waals surface area contributed by atoms with Crippen molar-refractivity contribution in [2.24, 2.45) is 0 Å². The van der Waals surface area contributed by atoms with E-state index in [1.807, 2.05) is 6.07 Å². The molecule has 1 aliphatic heterocycles. The highest BCUT2D eigenvalue weighted by Gasteiger charge is 2.26. The lowest BCUT2D eigenvalue weighted by atomic mass is 10.0. The third-order valence-electron chi connectivity index (χ3n) is 6.11. The van der Waals surface area contributed by atoms with Gasteiger partial charge in [-0.15, -0.1) is 4.52 Å². The molecule has 0 amide bonds. The van der Waals surface area contributed by atoms with Gasteiger partial charge in [-0.2, -0.15) is 10.2 Å². The van der Waals surface area contributed by atoms with Crippen LogP contribution in [0.5, 0.6) is 0 Å². The molecule has 174 valence electrons. The van der Waals surface area contributed by atoms with Gasteiger partial charge in [0.05, 0.1) is 34.6 Å². The van der Waals surface area contributed by atoms with Crippen molar-refractivity contribution in [3.8, 4) is 6.07 Å². The van der Waals surface area contributed by atoms with Gasteiger partial charge in [0.25, 0.3) is 17.4 Å². The fourth-order valence-electron chi connectivity index (χ4n) is 4.01. The molecule has 0 radical (unpaired) electrons. The molecule has 10 nitrogen and oxygen atoms in total. The molecule has 11 heteroatoms. The van der Waals surface area contributed by atoms with Gasteiger partial charge in [0.15, 0.2) is 5.82 Å². The summed E-state index contributed by atoms with van der Waals surface area (Å²) in [5.74, 6) is 1.12. The third kappa shape index (κ3) is 4.62. The van der Waals surface area contributed by atoms with E-state index in [-0.39, 0.29) is 11.8 Å². The number of anilines is 3. The lowest BCUT2D eigenvalue weighted by Crippen LogP contribution is -2.51. The SMILES string of the molecule is [C-]#[N+]c1cnc2c(NC3CC3)nc(Nc3cc(C#N)c(CCCN4CC(OC)C4)cc3Cl)nn12. The highest BCUT2D eigenvalue weighted by atomic mass is 35.5. The smallest absolute Gasteiger partial charge is 0.275 e. The molecule has 0 unspecified atom stereocenters. The first-order valence-electron chi connectivity index (χ1n) is 11.2. The van der Waals surface area contributed by atoms with Crippen molar-refractivity contribution in [1.82, 2.24) is 24.5 Å². The van der Waals surface area contributed by atoms with Gasteiger partial charge in [-0.25, -0.2) is 4.98 Å². The molecule has 2 fully saturated rings. The summed E-state index contributed by atoms with van der Waals surface area (Å²) in [6.07, 6.45) is 5.65. The maximum atomic E-state index is 9.73. The number of imidazole rings is 1. The van der Waals surface area contributed by atoms with E-state index in [4.69, 9.17) is 22.9 Å². The van der Waals surface area contributed by atoms with Crippen LogP contribution in [0.2, 0.25) is 5.02 Å². The van der Waals surface area contributed by atoms with Gasteiger partial charge in [-0.1, -0.05) is 23.3 Å². The number of hydrogen-bond donors (Lipinski definition) is 2. The number of hydrogen-bond acceptors (Lipinski definition) is 8. The molecule has 2 N–H and O–H groups in total. The molecule has 5 rings (SSSR count). The first-order chi connectivity index (χ1) is 16.6. The number of aryl methyl sites for hydroxylation is 1. The lowest BCUT2D eigenvalue weighted by molar-refractivity contribution is -0.0293. The Morgan fingerprint density at radius 3 is 2.88 bits per heavy atom. The molecule has 0 atom stereocenters. The number of fused-ring (bicyclic) bond motifs is 1. The number of methoxy groups -OCH3 is 1. The van der Waals surface area contributed by atoms with Gasteiger partial charge in [0, 0.05) is 26.2 Å². The first kappa shape index (κ1) is 22.4. The fraction of sp³-hybridized carbons (Fsp3) is 0.435. The van der Waals surface area contributed by atoms with Gasteiger partial charge in [-0.3, -0.25) is 4.90 Å². The molecule has 2 aliphatic rings. The summed E-state index contributed by atoms with van der Waals surface area (Å²) in [6.45, 7) is 10.3. The molecular formula is C23H24ClN9O. The van der Waals surface area contributed by atoms with E-state index in [0.717, 1.165) is 50.9 Å². The number of nitrogens with zero attached hydrogens (tertiary/aromatic N) is 7. The van der Waals surface area contributed by atoms with Crippen LogP contribution in [-0.4, -0.2) is 63.4 Å². The largest absolute Gasteiger partial charge is 0.379 e. The van der Waals surface area contributed by atoms with E-state index in [2.05, 4.69) is 41.5 Å². The van der Waals surface area contributed by atoms with Crippen molar-refractivity contribution in [1.29, 1.82) is 5.26 Å². The van der Waals surface area contributed by atoms with E-state index < -0.39 is 0 Å².